The smallest absolute Gasteiger partial charge is 0.261 e. The van der Waals surface area contributed by atoms with Crippen molar-refractivity contribution in [3.8, 4) is 0 Å². The lowest BCUT2D eigenvalue weighted by molar-refractivity contribution is -0.122. The van der Waals surface area contributed by atoms with E-state index in [1.807, 2.05) is 0 Å². The number of aliphatic hydroxyl groups is 1. The summed E-state index contributed by atoms with van der Waals surface area (Å²) in [5.74, 6) is -1.20. The highest BCUT2D eigenvalue weighted by Gasteiger charge is 2.15. The highest BCUT2D eigenvalue weighted by molar-refractivity contribution is 7.80. The van der Waals surface area contributed by atoms with Crippen molar-refractivity contribution in [1.29, 1.82) is 0 Å². The first-order valence-corrected chi connectivity index (χ1v) is 2.79. The molecule has 0 heterocycles. The van der Waals surface area contributed by atoms with Gasteiger partial charge in [-0.3, -0.25) is 4.79 Å². The van der Waals surface area contributed by atoms with Crippen molar-refractivity contribution in [3.63, 3.8) is 0 Å². The number of hydrogen-bond acceptors (Lipinski definition) is 3. The molecule has 4 N–H and O–H groups in total. The third-order valence-corrected chi connectivity index (χ3v) is 1.05. The van der Waals surface area contributed by atoms with Crippen LogP contribution in [0.15, 0.2) is 0 Å². The van der Waals surface area contributed by atoms with Crippen LogP contribution in [0.3, 0.4) is 0 Å². The highest BCUT2D eigenvalue weighted by atomic mass is 32.2. The van der Waals surface area contributed by atoms with Gasteiger partial charge in [-0.15, -0.1) is 0 Å². The topological polar surface area (TPSA) is 101 Å². The second-order valence-electron chi connectivity index (χ2n) is 1.03. The van der Waals surface area contributed by atoms with Gasteiger partial charge in [0.15, 0.2) is 11.1 Å². The molecule has 0 spiro atoms. The number of rotatable bonds is 2. The Hall–Kier alpha value is -0.460. The molecular formula is C2H5NO4S. The number of hydrogen-bond donors (Lipinski definition) is 3. The minimum absolute atomic E-state index is 1.20. The Morgan fingerprint density at radius 2 is 2.12 bits per heavy atom. The van der Waals surface area contributed by atoms with Gasteiger partial charge < -0.3 is 15.4 Å². The number of nitrogens with two attached hydrogens (primary N) is 1. The van der Waals surface area contributed by atoms with Crippen molar-refractivity contribution in [1.82, 2.24) is 0 Å². The van der Waals surface area contributed by atoms with Gasteiger partial charge in [-0.2, -0.15) is 0 Å². The standard InChI is InChI=1S/C2H5NO4S/c3-1(4)2(5)8(6)7/h2,5H,(H2,3,4)(H,6,7). The molecule has 0 radical (unpaired) electrons. The summed E-state index contributed by atoms with van der Waals surface area (Å²) in [7, 11) is 0. The Morgan fingerprint density at radius 3 is 2.12 bits per heavy atom. The molecule has 48 valence electrons. The van der Waals surface area contributed by atoms with Crippen LogP contribution in [-0.2, 0) is 15.9 Å². The summed E-state index contributed by atoms with van der Waals surface area (Å²) in [5, 5.41) is 8.18. The zero-order chi connectivity index (χ0) is 6.73. The monoisotopic (exact) mass is 139 g/mol. The molecule has 2 atom stereocenters. The van der Waals surface area contributed by atoms with Gasteiger partial charge in [0.1, 0.15) is 0 Å². The van der Waals surface area contributed by atoms with E-state index in [1.54, 1.807) is 0 Å². The number of primary amides is 1. The van der Waals surface area contributed by atoms with E-state index >= 15 is 0 Å². The Bertz CT molecular complexity index is 109. The largest absolute Gasteiger partial charge is 0.370 e. The van der Waals surface area contributed by atoms with E-state index in [9.17, 15) is 9.00 Å². The second-order valence-corrected chi connectivity index (χ2v) is 2.03. The average molecular weight is 139 g/mol. The van der Waals surface area contributed by atoms with Gasteiger partial charge in [0.25, 0.3) is 5.91 Å². The van der Waals surface area contributed by atoms with E-state index in [0.29, 0.717) is 0 Å². The molecule has 2 unspecified atom stereocenters. The zero-order valence-electron chi connectivity index (χ0n) is 3.77. The first kappa shape index (κ1) is 7.54. The fourth-order valence-corrected chi connectivity index (χ4v) is 0.298. The SMILES string of the molecule is NC(=O)C(O)S(=O)O. The maximum atomic E-state index is 9.76. The first-order valence-electron chi connectivity index (χ1n) is 1.62. The van der Waals surface area contributed by atoms with Crippen LogP contribution in [0.2, 0.25) is 0 Å². The molecule has 0 saturated heterocycles. The van der Waals surface area contributed by atoms with E-state index in [1.165, 1.54) is 0 Å². The van der Waals surface area contributed by atoms with Crippen LogP contribution in [-0.4, -0.2) is 25.2 Å². The first-order chi connectivity index (χ1) is 3.55. The summed E-state index contributed by atoms with van der Waals surface area (Å²) < 4.78 is 17.6. The molecule has 0 bridgehead atoms. The summed E-state index contributed by atoms with van der Waals surface area (Å²) in [5.41, 5.74) is 2.43. The Balaban J connectivity index is 3.83. The second kappa shape index (κ2) is 2.75. The van der Waals surface area contributed by atoms with Gasteiger partial charge in [-0.1, -0.05) is 0 Å². The lowest BCUT2D eigenvalue weighted by Gasteiger charge is -1.96. The van der Waals surface area contributed by atoms with Crippen molar-refractivity contribution < 1.29 is 18.7 Å². The molecule has 0 aromatic heterocycles. The summed E-state index contributed by atoms with van der Waals surface area (Å²) in [6, 6.07) is 0. The lowest BCUT2D eigenvalue weighted by atomic mass is 10.7. The fraction of sp³-hybridized carbons (Fsp3) is 0.500. The number of carbonyl (C=O) groups excluding carboxylic acids is 1. The van der Waals surface area contributed by atoms with Crippen molar-refractivity contribution in [2.75, 3.05) is 0 Å². The molecule has 1 amide bonds. The summed E-state index contributed by atoms with van der Waals surface area (Å²) >= 11 is -2.56. The van der Waals surface area contributed by atoms with E-state index in [2.05, 4.69) is 5.73 Å². The minimum atomic E-state index is -2.56. The van der Waals surface area contributed by atoms with Gasteiger partial charge >= 0.3 is 0 Å². The fourth-order valence-electron chi connectivity index (χ4n) is 0.0994. The number of carbonyl (C=O) groups is 1. The lowest BCUT2D eigenvalue weighted by Crippen LogP contribution is -2.31. The Labute approximate surface area is 47.8 Å². The molecule has 0 aliphatic heterocycles. The Kier molecular flexibility index (Phi) is 2.59. The maximum Gasteiger partial charge on any atom is 0.261 e. The van der Waals surface area contributed by atoms with Crippen molar-refractivity contribution >= 4 is 17.0 Å². The van der Waals surface area contributed by atoms with E-state index in [4.69, 9.17) is 9.66 Å². The predicted molar refractivity (Wildman–Crippen MR) is 26.0 cm³/mol. The van der Waals surface area contributed by atoms with Gasteiger partial charge in [0, 0.05) is 0 Å². The van der Waals surface area contributed by atoms with Gasteiger partial charge in [-0.25, -0.2) is 4.21 Å². The van der Waals surface area contributed by atoms with Gasteiger partial charge in [0.2, 0.25) is 5.44 Å². The van der Waals surface area contributed by atoms with Crippen LogP contribution in [0.5, 0.6) is 0 Å². The number of amides is 1. The molecule has 0 aromatic rings. The van der Waals surface area contributed by atoms with E-state index in [0.717, 1.165) is 0 Å². The third kappa shape index (κ3) is 2.01. The van der Waals surface area contributed by atoms with Gasteiger partial charge in [-0.05, 0) is 0 Å². The highest BCUT2D eigenvalue weighted by Crippen LogP contribution is 1.83. The molecule has 0 aliphatic carbocycles. The van der Waals surface area contributed by atoms with Crippen LogP contribution < -0.4 is 5.73 Å². The molecule has 0 rings (SSSR count). The van der Waals surface area contributed by atoms with Crippen molar-refractivity contribution in [2.45, 2.75) is 5.44 Å². The molecule has 0 fully saturated rings. The predicted octanol–water partition coefficient (Wildman–Crippen LogP) is -1.99. The van der Waals surface area contributed by atoms with Crippen LogP contribution in [0, 0.1) is 0 Å². The van der Waals surface area contributed by atoms with Crippen LogP contribution in [0.25, 0.3) is 0 Å². The molecular weight excluding hydrogens is 134 g/mol. The zero-order valence-corrected chi connectivity index (χ0v) is 4.59. The van der Waals surface area contributed by atoms with Crippen molar-refractivity contribution in [2.24, 2.45) is 5.73 Å². The van der Waals surface area contributed by atoms with Gasteiger partial charge in [0.05, 0.1) is 0 Å². The quantitative estimate of drug-likeness (QED) is 0.385. The minimum Gasteiger partial charge on any atom is -0.370 e. The molecule has 6 heteroatoms. The summed E-state index contributed by atoms with van der Waals surface area (Å²) in [6.07, 6.45) is 0. The third-order valence-electron chi connectivity index (χ3n) is 0.434. The van der Waals surface area contributed by atoms with E-state index < -0.39 is 22.4 Å². The summed E-state index contributed by atoms with van der Waals surface area (Å²) in [6.45, 7) is 0. The molecule has 0 saturated carbocycles. The molecule has 0 aliphatic rings. The molecule has 8 heavy (non-hydrogen) atoms. The molecule has 0 aromatic carbocycles. The average Bonchev–Trinajstić information content (AvgIpc) is 1.64. The van der Waals surface area contributed by atoms with Crippen LogP contribution in [0.4, 0.5) is 0 Å². The van der Waals surface area contributed by atoms with E-state index in [-0.39, 0.29) is 0 Å². The van der Waals surface area contributed by atoms with Crippen LogP contribution >= 0.6 is 0 Å². The Morgan fingerprint density at radius 1 is 1.75 bits per heavy atom. The maximum absolute atomic E-state index is 9.76. The summed E-state index contributed by atoms with van der Waals surface area (Å²) in [4.78, 5) is 9.76. The van der Waals surface area contributed by atoms with Crippen molar-refractivity contribution in [3.05, 3.63) is 0 Å². The van der Waals surface area contributed by atoms with Crippen LogP contribution in [0.1, 0.15) is 0 Å². The number of aliphatic hydroxyl groups excluding tert-OH is 1. The normalized spacial score (nSPS) is 17.2. The molecule has 5 nitrogen and oxygen atoms in total.